The van der Waals surface area contributed by atoms with Gasteiger partial charge in [-0.15, -0.1) is 0 Å². The summed E-state index contributed by atoms with van der Waals surface area (Å²) in [6.07, 6.45) is -16.3. The van der Waals surface area contributed by atoms with Crippen LogP contribution >= 0.6 is 15.9 Å². The van der Waals surface area contributed by atoms with Gasteiger partial charge in [0.15, 0.2) is 25.0 Å². The summed E-state index contributed by atoms with van der Waals surface area (Å²) in [4.78, 5) is 215. The predicted molar refractivity (Wildman–Crippen MR) is 410 cm³/mol. The van der Waals surface area contributed by atoms with Crippen LogP contribution in [0.4, 0.5) is 0 Å². The van der Waals surface area contributed by atoms with E-state index in [9.17, 15) is 113 Å². The van der Waals surface area contributed by atoms with Crippen molar-refractivity contribution in [1.29, 1.82) is 0 Å². The summed E-state index contributed by atoms with van der Waals surface area (Å²) in [6.45, 7) is -1.91. The van der Waals surface area contributed by atoms with Gasteiger partial charge in [-0.05, 0) is 55.5 Å². The Morgan fingerprint density at radius 2 is 1.20 bits per heavy atom. The molecule has 1 fully saturated rings. The number of carboxylic acid groups (broad SMARTS) is 1. The number of aliphatic carboxylic acids is 1. The molecule has 4 heterocycles. The van der Waals surface area contributed by atoms with E-state index in [1.54, 1.807) is 79.7 Å². The number of primary amides is 2. The van der Waals surface area contributed by atoms with Crippen molar-refractivity contribution in [3.05, 3.63) is 136 Å². The van der Waals surface area contributed by atoms with E-state index in [-0.39, 0.29) is 17.0 Å². The summed E-state index contributed by atoms with van der Waals surface area (Å²) < 4.78 is 6.38. The Morgan fingerprint density at radius 1 is 0.627 bits per heavy atom. The lowest BCUT2D eigenvalue weighted by Crippen LogP contribution is -3.09. The Bertz CT molecular complexity index is 4200. The minimum atomic E-state index is -2.75. The first-order valence-corrected chi connectivity index (χ1v) is 38.2. The molecule has 1 saturated heterocycles. The Balaban J connectivity index is 1.41. The monoisotopic (exact) mass is 1720 g/mol. The van der Waals surface area contributed by atoms with Crippen molar-refractivity contribution in [2.24, 2.45) is 11.5 Å². The first kappa shape index (κ1) is 93.9. The Labute approximate surface area is 682 Å². The van der Waals surface area contributed by atoms with Gasteiger partial charge in [-0.3, -0.25) is 76.9 Å². The summed E-state index contributed by atoms with van der Waals surface area (Å²) in [5.41, 5.74) is 12.6. The van der Waals surface area contributed by atoms with Gasteiger partial charge >= 0.3 is 0 Å². The number of quaternary nitrogens is 1. The average Bonchev–Trinajstić information content (AvgIpc) is 1.60. The van der Waals surface area contributed by atoms with Crippen molar-refractivity contribution in [2.75, 3.05) is 39.6 Å². The molecule has 14 amide bonds. The fourth-order valence-electron chi connectivity index (χ4n) is 13.0. The van der Waals surface area contributed by atoms with Crippen LogP contribution in [0.25, 0.3) is 6.08 Å². The van der Waals surface area contributed by atoms with Crippen molar-refractivity contribution in [1.82, 2.24) is 68.7 Å². The highest BCUT2D eigenvalue weighted by Crippen LogP contribution is 2.27. The van der Waals surface area contributed by atoms with E-state index in [1.165, 1.54) is 43.5 Å². The highest BCUT2D eigenvalue weighted by molar-refractivity contribution is 9.10. The van der Waals surface area contributed by atoms with Crippen LogP contribution in [0.5, 0.6) is 0 Å². The van der Waals surface area contributed by atoms with Crippen molar-refractivity contribution in [3.63, 3.8) is 0 Å². The minimum Gasteiger partial charge on any atom is -0.548 e. The molecule has 0 aromatic heterocycles. The molecule has 0 spiro atoms. The molecular formula is C75H99BrN16O26. The van der Waals surface area contributed by atoms with Crippen LogP contribution in [0.3, 0.4) is 0 Å². The van der Waals surface area contributed by atoms with Crippen LogP contribution in [0.15, 0.2) is 119 Å². The number of hydrogen-bond acceptors (Lipinski definition) is 27. The van der Waals surface area contributed by atoms with E-state index in [1.807, 2.05) is 10.6 Å². The van der Waals surface area contributed by atoms with E-state index < -0.39 is 288 Å². The minimum absolute atomic E-state index is 0.107. The number of nitrogens with two attached hydrogens (primary N) is 2. The van der Waals surface area contributed by atoms with Gasteiger partial charge < -0.3 is 136 Å². The number of fused-ring (bicyclic) bond motifs is 2. The highest BCUT2D eigenvalue weighted by atomic mass is 79.9. The van der Waals surface area contributed by atoms with Crippen molar-refractivity contribution < 1.29 is 133 Å². The van der Waals surface area contributed by atoms with Crippen molar-refractivity contribution in [2.45, 2.75) is 187 Å². The van der Waals surface area contributed by atoms with Crippen molar-refractivity contribution in [3.8, 4) is 0 Å². The lowest BCUT2D eigenvalue weighted by atomic mass is 9.92. The maximum Gasteiger partial charge on any atom is 0.251 e. The molecule has 0 aliphatic carbocycles. The van der Waals surface area contributed by atoms with Gasteiger partial charge in [-0.2, -0.15) is 0 Å². The number of halogens is 1. The number of rotatable bonds is 17. The Hall–Kier alpha value is -11.2. The van der Waals surface area contributed by atoms with Crippen LogP contribution < -0.4 is 85.3 Å². The van der Waals surface area contributed by atoms with Gasteiger partial charge in [0, 0.05) is 36.1 Å². The van der Waals surface area contributed by atoms with E-state index in [4.69, 9.17) is 16.2 Å². The maximum absolute atomic E-state index is 15.3. The topological polar surface area (TPSA) is 674 Å². The zero-order chi connectivity index (χ0) is 86.9. The lowest BCUT2D eigenvalue weighted by molar-refractivity contribution is -0.850. The molecule has 3 aromatic carbocycles. The zero-order valence-electron chi connectivity index (χ0n) is 64.1. The summed E-state index contributed by atoms with van der Waals surface area (Å²) in [7, 11) is 0. The second kappa shape index (κ2) is 44.4. The van der Waals surface area contributed by atoms with Gasteiger partial charge in [0.25, 0.3) is 5.91 Å². The molecular weight excluding hydrogens is 1620 g/mol. The molecule has 43 heteroatoms. The number of carbonyl (C=O) groups is 15. The summed E-state index contributed by atoms with van der Waals surface area (Å²) >= 11 is 3.29. The number of nitrogens with one attached hydrogen (secondary N) is 13. The van der Waals surface area contributed by atoms with Crippen LogP contribution in [0.2, 0.25) is 0 Å². The van der Waals surface area contributed by atoms with Gasteiger partial charge in [0.2, 0.25) is 76.8 Å². The quantitative estimate of drug-likeness (QED) is 0.0558. The van der Waals surface area contributed by atoms with E-state index in [0.717, 1.165) is 17.4 Å². The molecule has 7 rings (SSSR count). The normalized spacial score (nSPS) is 29.2. The number of nitrogens with zero attached hydrogens (tertiary/aromatic N) is 1. The second-order valence-corrected chi connectivity index (χ2v) is 29.6. The molecule has 642 valence electrons. The number of carboxylic acids is 1. The first-order chi connectivity index (χ1) is 55.9. The number of allylic oxidation sites excluding steroid dienone is 2. The van der Waals surface area contributed by atoms with Crippen LogP contribution in [-0.2, 0) is 83.1 Å². The van der Waals surface area contributed by atoms with Gasteiger partial charge in [-0.25, -0.2) is 0 Å². The second-order valence-electron chi connectivity index (χ2n) is 28.7. The molecule has 4 aliphatic rings. The number of ether oxygens (including phenoxy) is 1. The third-order valence-electron chi connectivity index (χ3n) is 19.6. The molecule has 26 N–H and O–H groups in total. The molecule has 4 bridgehead atoms. The average molecular weight is 1720 g/mol. The fraction of sp³-hybridized carbons (Fsp3) is 0.480. The van der Waals surface area contributed by atoms with E-state index in [0.29, 0.717) is 21.2 Å². The summed E-state index contributed by atoms with van der Waals surface area (Å²) in [5.74, 6) is -22.6. The summed E-state index contributed by atoms with van der Waals surface area (Å²) in [6, 6.07) is -0.223. The first-order valence-electron chi connectivity index (χ1n) is 37.4. The third-order valence-corrected chi connectivity index (χ3v) is 20.1. The molecule has 4 aliphatic heterocycles. The molecule has 0 saturated carbocycles. The number of aliphatic hydroxyl groups is 9. The van der Waals surface area contributed by atoms with Gasteiger partial charge in [0.1, 0.15) is 85.5 Å². The molecule has 42 nitrogen and oxygen atoms in total. The number of benzene rings is 3. The van der Waals surface area contributed by atoms with Crippen molar-refractivity contribution >= 4 is 111 Å². The van der Waals surface area contributed by atoms with Crippen LogP contribution in [0, 0.1) is 0 Å². The van der Waals surface area contributed by atoms with E-state index >= 15 is 9.59 Å². The third kappa shape index (κ3) is 27.2. The lowest BCUT2D eigenvalue weighted by Gasteiger charge is -2.40. The number of carbonyl (C=O) groups excluding carboxylic acids is 15. The maximum atomic E-state index is 15.3. The predicted octanol–water partition coefficient (Wildman–Crippen LogP) is -12.1. The number of hydrogen-bond donors (Lipinski definition) is 24. The van der Waals surface area contributed by atoms with Gasteiger partial charge in [-0.1, -0.05) is 119 Å². The molecule has 21 atom stereocenters. The van der Waals surface area contributed by atoms with Crippen LogP contribution in [-0.4, -0.2) is 295 Å². The number of aliphatic hydroxyl groups excluding tert-OH is 9. The molecule has 3 aromatic rings. The smallest absolute Gasteiger partial charge is 0.251 e. The Morgan fingerprint density at radius 3 is 1.83 bits per heavy atom. The Kier molecular flexibility index (Phi) is 35.3. The van der Waals surface area contributed by atoms with Crippen LogP contribution in [0.1, 0.15) is 81.9 Å². The SMILES string of the molecule is CC(/C=C/c1ccccc1)=C\[C@H](O)[C@H]1CC(=O)N[C@@H](CO)C(=O)N[C@@H]2C[NH+]3C=C(C[C@H](NC(=O)CCC[C@H](C(=O)[O-])NC(=O)[C@H](O)CNC(=O)[C@H]([C@H](C)c4ccc(Br)cc4)NC(=O)[C@H]([C@@H](O)C(N)=O)NC(=O)[C@@H](CC(N)=O)NC2=O)C(=O)N[C@@H]([C@H](C)O)C(=O)N[C@@H](CO)C(=O)N[C@H](Cc2ccccc2)C(=O)N1)N([C@@H]1OC[C@@H](O)[C@@H](O)[C@H]1O)C3. The van der Waals surface area contributed by atoms with Gasteiger partial charge in [0.05, 0.1) is 68.7 Å². The fourth-order valence-corrected chi connectivity index (χ4v) is 13.3. The zero-order valence-corrected chi connectivity index (χ0v) is 65.7. The van der Waals surface area contributed by atoms with E-state index in [2.05, 4.69) is 69.1 Å². The molecule has 118 heavy (non-hydrogen) atoms. The summed E-state index contributed by atoms with van der Waals surface area (Å²) in [5, 5.41) is 141. The standard InChI is InChI=1S/C75H99BrN16O26/c1-35(17-18-38-11-6-4-7-12-38)23-51(96)44-27-56(101)81-49(31-93)68(110)86-48-30-91-29-42(92(34-91)74-62(104)60(102)53(98)33-118-74)25-46(65(107)89-58(37(3)95)72(114)87-50(32-94)69(111)84-45(64(106)83-44)24-39-13-8-5-9-14-39)80-55(100)16-10-15-43(75(116)117)82-70(112)52(97)28-79-71(113)57(36(2)40-19-21-41(76)22-20-40)88-73(115)59(61(103)63(78)105)90-66(108)47(26-54(77)99)85-67(48)109/h4-9,11-14,17-23,29,36-37,43-53,57-62,74,93-98,102-104H,10,15-16,24-28,30-34H2,1-3H3,(H2,77,99)(H2,78,105)(H,79,113)(H,80,100)(H,81,101)(H,82,112)(H,83,106)(H,84,111)(H,85,109)(H,86,110)(H,87,114)(H,88,115)(H,89,107)(H,90,108)(H,116,117)/b18-17+,35-23+/t36-,37+,43-,44-,45-,46+,47-,48-,49+,50+,51+,52-,53-,57+,58+,59+,60-,61-,62-,74-/m1/s1. The highest BCUT2D eigenvalue weighted by Gasteiger charge is 2.48. The molecule has 1 unspecified atom stereocenters. The number of β-amino-alcohol motifs (C(OH)–C–C–N with tert-alkyl or cyclic N) is 1. The largest absolute Gasteiger partial charge is 0.548 e. The number of amides is 14. The molecule has 0 radical (unpaired) electrons.